The summed E-state index contributed by atoms with van der Waals surface area (Å²) in [5, 5.41) is 31.8. The number of aromatic nitrogens is 2. The van der Waals surface area contributed by atoms with Crippen molar-refractivity contribution in [3.8, 4) is 0 Å². The maximum atomic E-state index is 12.9. The number of rotatable bonds is 7. The molecule has 1 saturated heterocycles. The largest absolute Gasteiger partial charge is 0.481 e. The monoisotopic (exact) mass is 417 g/mol. The van der Waals surface area contributed by atoms with Crippen LogP contribution in [0.25, 0.3) is 11.0 Å². The van der Waals surface area contributed by atoms with Crippen molar-refractivity contribution in [3.05, 3.63) is 23.8 Å². The molecule has 1 aliphatic rings. The van der Waals surface area contributed by atoms with E-state index in [0.717, 1.165) is 0 Å². The maximum absolute atomic E-state index is 12.9. The Morgan fingerprint density at radius 1 is 1.23 bits per heavy atom. The standard InChI is InChI=1S/C21H27N3O6/c1-5-20(18(26)27)15(10-25)22-12(4)21(19(28)29,9-11(2)3)17(20)13-7-6-8-14-16(13)24-30-23-14/h6-8,10-12,15,17,22H,5,9H2,1-4H3,(H,26,27)(H,28,29). The molecule has 1 fully saturated rings. The highest BCUT2D eigenvalue weighted by atomic mass is 16.6. The third-order valence-electron chi connectivity index (χ3n) is 6.68. The summed E-state index contributed by atoms with van der Waals surface area (Å²) in [7, 11) is 0. The molecule has 30 heavy (non-hydrogen) atoms. The number of nitrogens with zero attached hydrogens (tertiary/aromatic N) is 2. The van der Waals surface area contributed by atoms with Crippen LogP contribution in [0.4, 0.5) is 0 Å². The molecule has 162 valence electrons. The molecule has 3 N–H and O–H groups in total. The highest BCUT2D eigenvalue weighted by molar-refractivity contribution is 5.90. The zero-order valence-electron chi connectivity index (χ0n) is 17.5. The van der Waals surface area contributed by atoms with Crippen LogP contribution in [0, 0.1) is 16.7 Å². The van der Waals surface area contributed by atoms with Crippen LogP contribution in [0.5, 0.6) is 0 Å². The third-order valence-corrected chi connectivity index (χ3v) is 6.68. The molecule has 1 aromatic carbocycles. The van der Waals surface area contributed by atoms with Crippen LogP contribution >= 0.6 is 0 Å². The second-order valence-corrected chi connectivity index (χ2v) is 8.56. The topological polar surface area (TPSA) is 143 Å². The molecule has 0 bridgehead atoms. The lowest BCUT2D eigenvalue weighted by atomic mass is 9.49. The van der Waals surface area contributed by atoms with Crippen LogP contribution < -0.4 is 5.32 Å². The summed E-state index contributed by atoms with van der Waals surface area (Å²) in [5.74, 6) is -3.43. The molecule has 0 spiro atoms. The molecule has 2 aromatic rings. The van der Waals surface area contributed by atoms with Crippen molar-refractivity contribution < 1.29 is 29.2 Å². The molecule has 0 aliphatic carbocycles. The van der Waals surface area contributed by atoms with E-state index in [4.69, 9.17) is 4.63 Å². The molecule has 0 radical (unpaired) electrons. The van der Waals surface area contributed by atoms with Gasteiger partial charge in [-0.2, -0.15) is 0 Å². The summed E-state index contributed by atoms with van der Waals surface area (Å²) in [6.45, 7) is 7.15. The van der Waals surface area contributed by atoms with Crippen LogP contribution in [0.1, 0.15) is 52.0 Å². The van der Waals surface area contributed by atoms with Gasteiger partial charge in [-0.25, -0.2) is 4.63 Å². The summed E-state index contributed by atoms with van der Waals surface area (Å²) >= 11 is 0. The molecular formula is C21H27N3O6. The predicted molar refractivity (Wildman–Crippen MR) is 107 cm³/mol. The SMILES string of the molecule is CCC1(C(=O)O)C(C=O)NC(C)C(CC(C)C)(C(=O)O)C1c1cccc2nonc12. The van der Waals surface area contributed by atoms with Crippen LogP contribution in [0.2, 0.25) is 0 Å². The molecule has 3 rings (SSSR count). The number of hydrogen-bond donors (Lipinski definition) is 3. The van der Waals surface area contributed by atoms with Gasteiger partial charge in [-0.1, -0.05) is 32.9 Å². The van der Waals surface area contributed by atoms with Gasteiger partial charge in [0.15, 0.2) is 0 Å². The number of aldehydes is 1. The summed E-state index contributed by atoms with van der Waals surface area (Å²) < 4.78 is 4.87. The van der Waals surface area contributed by atoms with Gasteiger partial charge < -0.3 is 20.3 Å². The lowest BCUT2D eigenvalue weighted by molar-refractivity contribution is -0.175. The van der Waals surface area contributed by atoms with Gasteiger partial charge in [0.25, 0.3) is 0 Å². The van der Waals surface area contributed by atoms with E-state index in [0.29, 0.717) is 22.9 Å². The lowest BCUT2D eigenvalue weighted by Crippen LogP contribution is -2.71. The molecule has 9 heteroatoms. The second-order valence-electron chi connectivity index (χ2n) is 8.56. The van der Waals surface area contributed by atoms with E-state index in [2.05, 4.69) is 15.6 Å². The van der Waals surface area contributed by atoms with Crippen LogP contribution in [-0.4, -0.2) is 50.8 Å². The van der Waals surface area contributed by atoms with Gasteiger partial charge in [-0.3, -0.25) is 9.59 Å². The highest BCUT2D eigenvalue weighted by Gasteiger charge is 2.67. The van der Waals surface area contributed by atoms with Gasteiger partial charge in [0.05, 0.1) is 16.9 Å². The van der Waals surface area contributed by atoms with E-state index in [9.17, 15) is 24.6 Å². The molecule has 9 nitrogen and oxygen atoms in total. The molecule has 5 unspecified atom stereocenters. The number of hydrogen-bond acceptors (Lipinski definition) is 7. The fourth-order valence-electron chi connectivity index (χ4n) is 5.43. The van der Waals surface area contributed by atoms with Crippen molar-refractivity contribution >= 4 is 29.3 Å². The van der Waals surface area contributed by atoms with Gasteiger partial charge in [-0.15, -0.1) is 0 Å². The van der Waals surface area contributed by atoms with E-state index < -0.39 is 40.8 Å². The van der Waals surface area contributed by atoms with Gasteiger partial charge in [0, 0.05) is 12.0 Å². The number of fused-ring (bicyclic) bond motifs is 1. The Hall–Kier alpha value is -2.81. The van der Waals surface area contributed by atoms with Gasteiger partial charge in [0.2, 0.25) is 0 Å². The number of piperidine rings is 1. The molecular weight excluding hydrogens is 390 g/mol. The lowest BCUT2D eigenvalue weighted by Gasteiger charge is -2.57. The van der Waals surface area contributed by atoms with Crippen LogP contribution in [0.3, 0.4) is 0 Å². The summed E-state index contributed by atoms with van der Waals surface area (Å²) in [6.07, 6.45) is 0.831. The number of carbonyl (C=O) groups is 3. The first-order chi connectivity index (χ1) is 14.2. The Labute approximate surface area is 173 Å². The first-order valence-corrected chi connectivity index (χ1v) is 10.1. The number of benzene rings is 1. The zero-order valence-corrected chi connectivity index (χ0v) is 17.5. The fourth-order valence-corrected chi connectivity index (χ4v) is 5.43. The molecule has 1 aromatic heterocycles. The number of carboxylic acids is 2. The van der Waals surface area contributed by atoms with Crippen molar-refractivity contribution in [2.45, 2.75) is 58.5 Å². The molecule has 0 amide bonds. The van der Waals surface area contributed by atoms with E-state index >= 15 is 0 Å². The van der Waals surface area contributed by atoms with Gasteiger partial charge in [0.1, 0.15) is 17.3 Å². The Balaban J connectivity index is 2.47. The molecule has 1 aliphatic heterocycles. The fraction of sp³-hybridized carbons (Fsp3) is 0.571. The average molecular weight is 417 g/mol. The zero-order chi connectivity index (χ0) is 22.3. The number of nitrogens with one attached hydrogen (secondary N) is 1. The first kappa shape index (κ1) is 21.9. The van der Waals surface area contributed by atoms with Crippen molar-refractivity contribution in [2.75, 3.05) is 0 Å². The van der Waals surface area contributed by atoms with Crippen molar-refractivity contribution in [1.29, 1.82) is 0 Å². The van der Waals surface area contributed by atoms with Crippen LogP contribution in [-0.2, 0) is 14.4 Å². The first-order valence-electron chi connectivity index (χ1n) is 10.1. The van der Waals surface area contributed by atoms with Crippen molar-refractivity contribution in [1.82, 2.24) is 15.6 Å². The minimum atomic E-state index is -1.70. The van der Waals surface area contributed by atoms with E-state index in [-0.39, 0.29) is 18.8 Å². The highest BCUT2D eigenvalue weighted by Crippen LogP contribution is 2.59. The normalized spacial score (nSPS) is 31.7. The minimum absolute atomic E-state index is 0.0429. The second kappa shape index (κ2) is 7.79. The summed E-state index contributed by atoms with van der Waals surface area (Å²) in [4.78, 5) is 37.8. The minimum Gasteiger partial charge on any atom is -0.481 e. The molecule has 2 heterocycles. The molecule has 5 atom stereocenters. The summed E-state index contributed by atoms with van der Waals surface area (Å²) in [5.41, 5.74) is -2.07. The Bertz CT molecular complexity index is 973. The Kier molecular flexibility index (Phi) is 5.68. The maximum Gasteiger partial charge on any atom is 0.312 e. The number of aliphatic carboxylic acids is 2. The van der Waals surface area contributed by atoms with Crippen LogP contribution in [0.15, 0.2) is 22.8 Å². The Morgan fingerprint density at radius 2 is 1.90 bits per heavy atom. The summed E-state index contributed by atoms with van der Waals surface area (Å²) in [6, 6.07) is 3.26. The average Bonchev–Trinajstić information content (AvgIpc) is 3.17. The third kappa shape index (κ3) is 2.91. The van der Waals surface area contributed by atoms with E-state index in [1.54, 1.807) is 32.0 Å². The Morgan fingerprint density at radius 3 is 2.43 bits per heavy atom. The smallest absolute Gasteiger partial charge is 0.312 e. The molecule has 0 saturated carbocycles. The van der Waals surface area contributed by atoms with Crippen molar-refractivity contribution in [2.24, 2.45) is 16.7 Å². The van der Waals surface area contributed by atoms with Gasteiger partial charge >= 0.3 is 11.9 Å². The van der Waals surface area contributed by atoms with E-state index in [1.165, 1.54) is 0 Å². The van der Waals surface area contributed by atoms with Gasteiger partial charge in [-0.05, 0) is 47.6 Å². The predicted octanol–water partition coefficient (Wildman–Crippen LogP) is 2.46. The number of carboxylic acid groups (broad SMARTS) is 2. The number of carbonyl (C=O) groups excluding carboxylic acids is 1. The quantitative estimate of drug-likeness (QED) is 0.579. The van der Waals surface area contributed by atoms with E-state index in [1.807, 2.05) is 13.8 Å². The van der Waals surface area contributed by atoms with Crippen molar-refractivity contribution in [3.63, 3.8) is 0 Å².